The molecule has 4 rings (SSSR count). The molecule has 30 heavy (non-hydrogen) atoms. The number of pyridine rings is 1. The lowest BCUT2D eigenvalue weighted by atomic mass is 9.95. The molecule has 0 bridgehead atoms. The molecule has 4 aromatic rings. The summed E-state index contributed by atoms with van der Waals surface area (Å²) < 4.78 is 6.26. The zero-order valence-corrected chi connectivity index (χ0v) is 16.3. The Kier molecular flexibility index (Phi) is 4.95. The van der Waals surface area contributed by atoms with Gasteiger partial charge in [0, 0.05) is 6.42 Å². The Bertz CT molecular complexity index is 1350. The van der Waals surface area contributed by atoms with Crippen molar-refractivity contribution in [2.24, 2.45) is 0 Å². The molecule has 0 aliphatic heterocycles. The molecule has 0 unspecified atom stereocenters. The predicted molar refractivity (Wildman–Crippen MR) is 112 cm³/mol. The quantitative estimate of drug-likeness (QED) is 0.514. The van der Waals surface area contributed by atoms with Crippen LogP contribution in [0.3, 0.4) is 0 Å². The van der Waals surface area contributed by atoms with Crippen LogP contribution in [-0.4, -0.2) is 15.5 Å². The lowest BCUT2D eigenvalue weighted by Crippen LogP contribution is -2.27. The Morgan fingerprint density at radius 2 is 1.90 bits per heavy atom. The van der Waals surface area contributed by atoms with E-state index in [2.05, 4.69) is 0 Å². The van der Waals surface area contributed by atoms with E-state index < -0.39 is 11.4 Å². The van der Waals surface area contributed by atoms with Gasteiger partial charge in [-0.2, -0.15) is 5.26 Å². The first-order valence-corrected chi connectivity index (χ1v) is 9.40. The molecule has 0 fully saturated rings. The lowest BCUT2D eigenvalue weighted by Gasteiger charge is -2.15. The van der Waals surface area contributed by atoms with Crippen molar-refractivity contribution in [2.45, 2.75) is 19.9 Å². The first-order valence-electron chi connectivity index (χ1n) is 9.40. The van der Waals surface area contributed by atoms with Crippen molar-refractivity contribution in [1.82, 2.24) is 4.57 Å². The Balaban J connectivity index is 1.82. The number of aromatic nitrogens is 1. The number of fused-ring (bicyclic) bond motifs is 1. The number of ketones is 1. The summed E-state index contributed by atoms with van der Waals surface area (Å²) in [5, 5.41) is 22.3. The van der Waals surface area contributed by atoms with E-state index in [0.717, 1.165) is 20.9 Å². The van der Waals surface area contributed by atoms with Gasteiger partial charge in [0.2, 0.25) is 5.88 Å². The van der Waals surface area contributed by atoms with Gasteiger partial charge in [0.25, 0.3) is 5.56 Å². The Labute approximate surface area is 172 Å². The number of hydrogen-bond donors (Lipinski definition) is 1. The summed E-state index contributed by atoms with van der Waals surface area (Å²) in [7, 11) is 0. The molecule has 0 aliphatic carbocycles. The zero-order valence-electron chi connectivity index (χ0n) is 16.3. The third-order valence-electron chi connectivity index (χ3n) is 5.20. The van der Waals surface area contributed by atoms with E-state index in [9.17, 15) is 20.0 Å². The van der Waals surface area contributed by atoms with Gasteiger partial charge < -0.3 is 9.52 Å². The second kappa shape index (κ2) is 7.72. The molecule has 2 aromatic heterocycles. The normalized spacial score (nSPS) is 10.8. The standard InChI is InChI=1S/C24H18N2O4/c1-15-20(13-25)23(28)26(14-18-9-5-11-30-18)24(29)22(15)21(27)12-17-8-4-7-16-6-2-3-10-19(16)17/h2-11,29H,12,14H2,1H3. The third-order valence-corrected chi connectivity index (χ3v) is 5.20. The van der Waals surface area contributed by atoms with Gasteiger partial charge >= 0.3 is 0 Å². The van der Waals surface area contributed by atoms with Gasteiger partial charge in [-0.05, 0) is 41.0 Å². The van der Waals surface area contributed by atoms with Gasteiger partial charge in [0.1, 0.15) is 17.4 Å². The number of carbonyl (C=O) groups is 1. The summed E-state index contributed by atoms with van der Waals surface area (Å²) in [6, 6.07) is 18.6. The summed E-state index contributed by atoms with van der Waals surface area (Å²) in [5.74, 6) is -0.406. The van der Waals surface area contributed by atoms with Crippen LogP contribution in [-0.2, 0) is 13.0 Å². The SMILES string of the molecule is Cc1c(C(=O)Cc2cccc3ccccc23)c(O)n(Cc2ccco2)c(=O)c1C#N. The van der Waals surface area contributed by atoms with Crippen LogP contribution >= 0.6 is 0 Å². The van der Waals surface area contributed by atoms with Crippen LogP contribution in [0.4, 0.5) is 0 Å². The number of hydrogen-bond acceptors (Lipinski definition) is 5. The Morgan fingerprint density at radius 1 is 1.13 bits per heavy atom. The average Bonchev–Trinajstić information content (AvgIpc) is 3.25. The summed E-state index contributed by atoms with van der Waals surface area (Å²) in [5.41, 5.74) is 0.136. The fraction of sp³-hybridized carbons (Fsp3) is 0.125. The van der Waals surface area contributed by atoms with Crippen molar-refractivity contribution in [3.05, 3.63) is 99.2 Å². The Morgan fingerprint density at radius 3 is 2.63 bits per heavy atom. The van der Waals surface area contributed by atoms with Crippen molar-refractivity contribution < 1.29 is 14.3 Å². The highest BCUT2D eigenvalue weighted by Crippen LogP contribution is 2.26. The minimum Gasteiger partial charge on any atom is -0.494 e. The molecular weight excluding hydrogens is 380 g/mol. The number of Topliss-reactive ketones (excluding diaryl/α,β-unsaturated/α-hetero) is 1. The number of aromatic hydroxyl groups is 1. The maximum absolute atomic E-state index is 13.2. The van der Waals surface area contributed by atoms with Gasteiger partial charge in [-0.1, -0.05) is 42.5 Å². The minimum absolute atomic E-state index is 0.0226. The minimum atomic E-state index is -0.661. The average molecular weight is 398 g/mol. The largest absolute Gasteiger partial charge is 0.494 e. The van der Waals surface area contributed by atoms with Crippen LogP contribution in [0.15, 0.2) is 70.1 Å². The van der Waals surface area contributed by atoms with E-state index in [4.69, 9.17) is 4.42 Å². The second-order valence-electron chi connectivity index (χ2n) is 7.02. The van der Waals surface area contributed by atoms with E-state index in [1.807, 2.05) is 48.5 Å². The van der Waals surface area contributed by atoms with Gasteiger partial charge in [0.05, 0.1) is 18.4 Å². The van der Waals surface area contributed by atoms with Gasteiger partial charge in [0.15, 0.2) is 5.78 Å². The molecule has 0 atom stereocenters. The molecule has 0 aliphatic rings. The van der Waals surface area contributed by atoms with E-state index in [1.165, 1.54) is 13.2 Å². The molecule has 0 radical (unpaired) electrons. The molecule has 148 valence electrons. The van der Waals surface area contributed by atoms with Crippen LogP contribution in [0.5, 0.6) is 5.88 Å². The van der Waals surface area contributed by atoms with Gasteiger partial charge in [-0.15, -0.1) is 0 Å². The van der Waals surface area contributed by atoms with Crippen molar-refractivity contribution in [3.63, 3.8) is 0 Å². The molecule has 6 nitrogen and oxygen atoms in total. The number of furan rings is 1. The van der Waals surface area contributed by atoms with Crippen LogP contribution < -0.4 is 5.56 Å². The van der Waals surface area contributed by atoms with Crippen LogP contribution in [0.25, 0.3) is 10.8 Å². The third kappa shape index (κ3) is 3.27. The number of rotatable bonds is 5. The maximum atomic E-state index is 13.2. The highest BCUT2D eigenvalue weighted by molar-refractivity contribution is 6.03. The molecular formula is C24H18N2O4. The predicted octanol–water partition coefficient (Wildman–Crippen LogP) is 3.95. The molecule has 0 spiro atoms. The van der Waals surface area contributed by atoms with Crippen LogP contribution in [0, 0.1) is 18.3 Å². The van der Waals surface area contributed by atoms with E-state index in [-0.39, 0.29) is 35.4 Å². The first-order chi connectivity index (χ1) is 14.5. The topological polar surface area (TPSA) is 96.2 Å². The summed E-state index contributed by atoms with van der Waals surface area (Å²) in [6.45, 7) is 1.43. The lowest BCUT2D eigenvalue weighted by molar-refractivity contribution is 0.0988. The van der Waals surface area contributed by atoms with Crippen molar-refractivity contribution >= 4 is 16.6 Å². The number of nitriles is 1. The van der Waals surface area contributed by atoms with Crippen molar-refractivity contribution in [3.8, 4) is 11.9 Å². The van der Waals surface area contributed by atoms with Crippen LogP contribution in [0.1, 0.15) is 32.8 Å². The first kappa shape index (κ1) is 19.2. The van der Waals surface area contributed by atoms with Gasteiger partial charge in [-0.3, -0.25) is 14.2 Å². The summed E-state index contributed by atoms with van der Waals surface area (Å²) >= 11 is 0. The summed E-state index contributed by atoms with van der Waals surface area (Å²) in [4.78, 5) is 25.9. The van der Waals surface area contributed by atoms with Gasteiger partial charge in [-0.25, -0.2) is 0 Å². The zero-order chi connectivity index (χ0) is 21.3. The second-order valence-corrected chi connectivity index (χ2v) is 7.02. The monoisotopic (exact) mass is 398 g/mol. The van der Waals surface area contributed by atoms with Crippen LogP contribution in [0.2, 0.25) is 0 Å². The number of benzene rings is 2. The maximum Gasteiger partial charge on any atom is 0.271 e. The number of nitrogens with zero attached hydrogens (tertiary/aromatic N) is 2. The molecule has 1 N–H and O–H groups in total. The highest BCUT2D eigenvalue weighted by atomic mass is 16.3. The smallest absolute Gasteiger partial charge is 0.271 e. The fourth-order valence-electron chi connectivity index (χ4n) is 3.70. The highest BCUT2D eigenvalue weighted by Gasteiger charge is 2.24. The summed E-state index contributed by atoms with van der Waals surface area (Å²) in [6.07, 6.45) is 1.48. The molecule has 6 heteroatoms. The molecule has 0 amide bonds. The molecule has 2 aromatic carbocycles. The molecule has 0 saturated heterocycles. The van der Waals surface area contributed by atoms with E-state index in [1.54, 1.807) is 12.1 Å². The van der Waals surface area contributed by atoms with E-state index in [0.29, 0.717) is 5.76 Å². The van der Waals surface area contributed by atoms with Crippen molar-refractivity contribution in [1.29, 1.82) is 5.26 Å². The Hall–Kier alpha value is -4.11. The van der Waals surface area contributed by atoms with E-state index >= 15 is 0 Å². The molecule has 2 heterocycles. The fourth-order valence-corrected chi connectivity index (χ4v) is 3.70. The number of carbonyl (C=O) groups excluding carboxylic acids is 1. The molecule has 0 saturated carbocycles. The van der Waals surface area contributed by atoms with Crippen molar-refractivity contribution in [2.75, 3.05) is 0 Å².